The van der Waals surface area contributed by atoms with Gasteiger partial charge in [-0.15, -0.1) is 0 Å². The van der Waals surface area contributed by atoms with Crippen LogP contribution in [0.4, 0.5) is 11.6 Å². The fourth-order valence-electron chi connectivity index (χ4n) is 3.85. The third-order valence-electron chi connectivity index (χ3n) is 4.85. The number of hydrogen-bond acceptors (Lipinski definition) is 6. The molecule has 2 unspecified atom stereocenters. The molecule has 0 radical (unpaired) electrons. The molecule has 114 valence electrons. The Kier molecular flexibility index (Phi) is 3.47. The Morgan fingerprint density at radius 1 is 1.43 bits per heavy atom. The minimum absolute atomic E-state index is 0.0669. The van der Waals surface area contributed by atoms with Crippen molar-refractivity contribution >= 4 is 17.6 Å². The standard InChI is InChI=1S/C15H22N4O2/c1-18(2)12-13(17-8-7-16-12)19-9-11-5-4-6-15(11,10-19)14(20)21-3/h7-8,11H,4-6,9-10H2,1-3H3. The normalized spacial score (nSPS) is 27.6. The van der Waals surface area contributed by atoms with E-state index >= 15 is 0 Å². The van der Waals surface area contributed by atoms with Gasteiger partial charge >= 0.3 is 5.97 Å². The van der Waals surface area contributed by atoms with E-state index in [0.717, 1.165) is 37.4 Å². The van der Waals surface area contributed by atoms with Gasteiger partial charge in [0, 0.05) is 39.6 Å². The van der Waals surface area contributed by atoms with Gasteiger partial charge in [-0.25, -0.2) is 9.97 Å². The summed E-state index contributed by atoms with van der Waals surface area (Å²) in [6, 6.07) is 0. The van der Waals surface area contributed by atoms with Crippen LogP contribution in [-0.4, -0.2) is 50.2 Å². The average Bonchev–Trinajstić information content (AvgIpc) is 3.04. The summed E-state index contributed by atoms with van der Waals surface area (Å²) in [6.07, 6.45) is 6.52. The third kappa shape index (κ3) is 2.13. The highest BCUT2D eigenvalue weighted by molar-refractivity contribution is 5.80. The SMILES string of the molecule is COC(=O)C12CCCC1CN(c1nccnc1N(C)C)C2. The third-order valence-corrected chi connectivity index (χ3v) is 4.85. The van der Waals surface area contributed by atoms with Crippen LogP contribution < -0.4 is 9.80 Å². The first kappa shape index (κ1) is 14.1. The lowest BCUT2D eigenvalue weighted by Gasteiger charge is -2.26. The van der Waals surface area contributed by atoms with E-state index in [1.165, 1.54) is 7.11 Å². The molecule has 1 aliphatic carbocycles. The zero-order chi connectivity index (χ0) is 15.0. The Hall–Kier alpha value is -1.85. The maximum Gasteiger partial charge on any atom is 0.313 e. The highest BCUT2D eigenvalue weighted by Gasteiger charge is 2.56. The molecule has 0 N–H and O–H groups in total. The molecule has 2 fully saturated rings. The molecule has 21 heavy (non-hydrogen) atoms. The predicted octanol–water partition coefficient (Wildman–Crippen LogP) is 1.32. The maximum absolute atomic E-state index is 12.3. The second-order valence-corrected chi connectivity index (χ2v) is 6.22. The number of carbonyl (C=O) groups excluding carboxylic acids is 1. The van der Waals surface area contributed by atoms with Crippen molar-refractivity contribution in [2.75, 3.05) is 44.1 Å². The molecule has 6 heteroatoms. The highest BCUT2D eigenvalue weighted by Crippen LogP contribution is 2.50. The lowest BCUT2D eigenvalue weighted by atomic mass is 9.81. The van der Waals surface area contributed by atoms with Gasteiger partial charge < -0.3 is 14.5 Å². The first-order valence-electron chi connectivity index (χ1n) is 7.40. The summed E-state index contributed by atoms with van der Waals surface area (Å²) < 4.78 is 5.09. The van der Waals surface area contributed by atoms with Gasteiger partial charge in [-0.2, -0.15) is 0 Å². The fraction of sp³-hybridized carbons (Fsp3) is 0.667. The van der Waals surface area contributed by atoms with Gasteiger partial charge in [0.25, 0.3) is 0 Å². The molecule has 0 bridgehead atoms. The van der Waals surface area contributed by atoms with E-state index in [-0.39, 0.29) is 11.4 Å². The molecular formula is C15H22N4O2. The largest absolute Gasteiger partial charge is 0.469 e. The number of nitrogens with zero attached hydrogens (tertiary/aromatic N) is 4. The quantitative estimate of drug-likeness (QED) is 0.783. The topological polar surface area (TPSA) is 58.6 Å². The fourth-order valence-corrected chi connectivity index (χ4v) is 3.85. The summed E-state index contributed by atoms with van der Waals surface area (Å²) in [5.41, 5.74) is -0.351. The Morgan fingerprint density at radius 3 is 2.90 bits per heavy atom. The first-order chi connectivity index (χ1) is 10.1. The minimum atomic E-state index is -0.351. The molecule has 1 saturated carbocycles. The van der Waals surface area contributed by atoms with Crippen molar-refractivity contribution in [2.45, 2.75) is 19.3 Å². The van der Waals surface area contributed by atoms with Crippen LogP contribution in [0, 0.1) is 11.3 Å². The molecule has 6 nitrogen and oxygen atoms in total. The van der Waals surface area contributed by atoms with Crippen molar-refractivity contribution in [3.8, 4) is 0 Å². The number of esters is 1. The Labute approximate surface area is 125 Å². The minimum Gasteiger partial charge on any atom is -0.469 e. The van der Waals surface area contributed by atoms with Gasteiger partial charge in [0.2, 0.25) is 0 Å². The number of fused-ring (bicyclic) bond motifs is 1. The van der Waals surface area contributed by atoms with Crippen molar-refractivity contribution in [3.05, 3.63) is 12.4 Å². The molecular weight excluding hydrogens is 268 g/mol. The van der Waals surface area contributed by atoms with Gasteiger partial charge in [-0.3, -0.25) is 4.79 Å². The first-order valence-corrected chi connectivity index (χ1v) is 7.40. The molecule has 2 aliphatic rings. The van der Waals surface area contributed by atoms with Gasteiger partial charge in [-0.1, -0.05) is 6.42 Å². The van der Waals surface area contributed by atoms with E-state index in [1.807, 2.05) is 19.0 Å². The van der Waals surface area contributed by atoms with Gasteiger partial charge in [0.05, 0.1) is 12.5 Å². The molecule has 0 spiro atoms. The van der Waals surface area contributed by atoms with Gasteiger partial charge in [-0.05, 0) is 18.8 Å². The van der Waals surface area contributed by atoms with E-state index in [9.17, 15) is 4.79 Å². The number of hydrogen-bond donors (Lipinski definition) is 0. The van der Waals surface area contributed by atoms with Gasteiger partial charge in [0.15, 0.2) is 11.6 Å². The molecule has 1 aliphatic heterocycles. The molecule has 2 atom stereocenters. The van der Waals surface area contributed by atoms with Crippen molar-refractivity contribution in [3.63, 3.8) is 0 Å². The summed E-state index contributed by atoms with van der Waals surface area (Å²) in [4.78, 5) is 25.4. The second kappa shape index (κ2) is 5.16. The van der Waals surface area contributed by atoms with Gasteiger partial charge in [0.1, 0.15) is 0 Å². The lowest BCUT2D eigenvalue weighted by Crippen LogP contribution is -2.37. The number of anilines is 2. The monoisotopic (exact) mass is 290 g/mol. The van der Waals surface area contributed by atoms with Crippen LogP contribution >= 0.6 is 0 Å². The van der Waals surface area contributed by atoms with E-state index in [1.54, 1.807) is 12.4 Å². The number of rotatable bonds is 3. The van der Waals surface area contributed by atoms with Crippen LogP contribution in [0.15, 0.2) is 12.4 Å². The predicted molar refractivity (Wildman–Crippen MR) is 80.4 cm³/mol. The van der Waals surface area contributed by atoms with E-state index in [4.69, 9.17) is 4.74 Å². The van der Waals surface area contributed by atoms with Crippen molar-refractivity contribution < 1.29 is 9.53 Å². The summed E-state index contributed by atoms with van der Waals surface area (Å²) in [5.74, 6) is 2.00. The summed E-state index contributed by atoms with van der Waals surface area (Å²) >= 11 is 0. The molecule has 1 aromatic heterocycles. The van der Waals surface area contributed by atoms with Crippen LogP contribution in [0.2, 0.25) is 0 Å². The molecule has 1 aromatic rings. The van der Waals surface area contributed by atoms with E-state index in [0.29, 0.717) is 12.5 Å². The number of carbonyl (C=O) groups is 1. The number of ether oxygens (including phenoxy) is 1. The van der Waals surface area contributed by atoms with Crippen molar-refractivity contribution in [1.29, 1.82) is 0 Å². The lowest BCUT2D eigenvalue weighted by molar-refractivity contribution is -0.152. The summed E-state index contributed by atoms with van der Waals surface area (Å²) in [7, 11) is 5.41. The van der Waals surface area contributed by atoms with Crippen LogP contribution in [0.5, 0.6) is 0 Å². The van der Waals surface area contributed by atoms with E-state index in [2.05, 4.69) is 14.9 Å². The molecule has 3 rings (SSSR count). The van der Waals surface area contributed by atoms with Crippen LogP contribution in [0.1, 0.15) is 19.3 Å². The zero-order valence-electron chi connectivity index (χ0n) is 12.9. The maximum atomic E-state index is 12.3. The molecule has 0 aromatic carbocycles. The van der Waals surface area contributed by atoms with Crippen LogP contribution in [-0.2, 0) is 9.53 Å². The van der Waals surface area contributed by atoms with Crippen LogP contribution in [0.25, 0.3) is 0 Å². The molecule has 1 saturated heterocycles. The molecule has 0 amide bonds. The highest BCUT2D eigenvalue weighted by atomic mass is 16.5. The Bertz CT molecular complexity index is 548. The van der Waals surface area contributed by atoms with Crippen LogP contribution in [0.3, 0.4) is 0 Å². The zero-order valence-corrected chi connectivity index (χ0v) is 12.9. The number of methoxy groups -OCH3 is 1. The van der Waals surface area contributed by atoms with Crippen molar-refractivity contribution in [2.24, 2.45) is 11.3 Å². The van der Waals surface area contributed by atoms with E-state index < -0.39 is 0 Å². The Morgan fingerprint density at radius 2 is 2.19 bits per heavy atom. The average molecular weight is 290 g/mol. The summed E-state index contributed by atoms with van der Waals surface area (Å²) in [6.45, 7) is 1.54. The second-order valence-electron chi connectivity index (χ2n) is 6.22. The Balaban J connectivity index is 1.92. The molecule has 2 heterocycles. The van der Waals surface area contributed by atoms with Crippen molar-refractivity contribution in [1.82, 2.24) is 9.97 Å². The number of aromatic nitrogens is 2. The smallest absolute Gasteiger partial charge is 0.313 e. The summed E-state index contributed by atoms with van der Waals surface area (Å²) in [5, 5.41) is 0.